The van der Waals surface area contributed by atoms with Crippen LogP contribution in [0.3, 0.4) is 0 Å². The van der Waals surface area contributed by atoms with Gasteiger partial charge in [-0.15, -0.1) is 19.7 Å². The number of esters is 2. The predicted octanol–water partition coefficient (Wildman–Crippen LogP) is 2.43. The maximum atomic E-state index is 11.6. The van der Waals surface area contributed by atoms with Gasteiger partial charge in [-0.3, -0.25) is 14.4 Å². The molecule has 0 spiro atoms. The van der Waals surface area contributed by atoms with E-state index >= 15 is 0 Å². The molecule has 0 aromatic carbocycles. The van der Waals surface area contributed by atoms with Gasteiger partial charge in [0.2, 0.25) is 0 Å². The summed E-state index contributed by atoms with van der Waals surface area (Å²) in [5.74, 6) is -1.39. The summed E-state index contributed by atoms with van der Waals surface area (Å²) in [6.07, 6.45) is 5.58. The van der Waals surface area contributed by atoms with Gasteiger partial charge in [-0.25, -0.2) is 19.6 Å². The summed E-state index contributed by atoms with van der Waals surface area (Å²) in [6.45, 7) is 17.1. The second-order valence-corrected chi connectivity index (χ2v) is 6.56. The Morgan fingerprint density at radius 2 is 1.24 bits per heavy atom. The van der Waals surface area contributed by atoms with Gasteiger partial charge >= 0.3 is 0 Å². The number of ketones is 1. The van der Waals surface area contributed by atoms with E-state index in [0.717, 1.165) is 6.08 Å². The first-order chi connectivity index (χ1) is 14.6. The zero-order valence-electron chi connectivity index (χ0n) is 19.5. The molecule has 0 aliphatic heterocycles. The Morgan fingerprint density at radius 3 is 1.55 bits per heavy atom. The van der Waals surface area contributed by atoms with Crippen molar-refractivity contribution < 1.29 is 48.9 Å². The molecular weight excluding hydrogens is 691 g/mol. The SMILES string of the molecule is C=CC(=O)CC(C)(C=C)C(=O)O[CH2-].C=CCOOCC(C)(COOCC=C)C(=O)O[CH2-].O.[Rf]. The summed E-state index contributed by atoms with van der Waals surface area (Å²) in [5.41, 5.74) is -2.09. The molecule has 0 heterocycles. The van der Waals surface area contributed by atoms with Crippen LogP contribution < -0.4 is 0 Å². The van der Waals surface area contributed by atoms with Crippen LogP contribution in [0.1, 0.15) is 20.3 Å². The molecule has 0 amide bonds. The maximum Gasteiger partial charge on any atom is 0.285 e. The van der Waals surface area contributed by atoms with Crippen molar-refractivity contribution in [3.63, 3.8) is 0 Å². The average molecular weight is 726 g/mol. The molecule has 0 aromatic heterocycles. The van der Waals surface area contributed by atoms with Gasteiger partial charge in [-0.1, -0.05) is 24.8 Å². The fourth-order valence-corrected chi connectivity index (χ4v) is 1.70. The van der Waals surface area contributed by atoms with Crippen molar-refractivity contribution in [2.75, 3.05) is 26.4 Å². The molecule has 11 heteroatoms. The van der Waals surface area contributed by atoms with E-state index in [4.69, 9.17) is 19.6 Å². The van der Waals surface area contributed by atoms with Crippen LogP contribution in [0.15, 0.2) is 50.6 Å². The third kappa shape index (κ3) is 14.9. The Bertz CT molecular complexity index is 604. The van der Waals surface area contributed by atoms with E-state index in [-0.39, 0.29) is 44.1 Å². The Labute approximate surface area is 189 Å². The molecule has 1 unspecified atom stereocenters. The summed E-state index contributed by atoms with van der Waals surface area (Å²) in [4.78, 5) is 53.0. The number of carbonyl (C=O) groups is 3. The van der Waals surface area contributed by atoms with E-state index in [1.165, 1.54) is 18.2 Å². The monoisotopic (exact) mass is 725 g/mol. The molecule has 10 nitrogen and oxygen atoms in total. The van der Waals surface area contributed by atoms with Gasteiger partial charge in [0, 0.05) is 6.42 Å². The van der Waals surface area contributed by atoms with E-state index in [1.54, 1.807) is 13.8 Å². The van der Waals surface area contributed by atoms with Gasteiger partial charge in [-0.05, 0) is 19.9 Å². The molecule has 0 rings (SSSR count). The Hall–Kier alpha value is -3.63. The molecule has 33 heavy (non-hydrogen) atoms. The molecule has 0 aliphatic carbocycles. The number of ether oxygens (including phenoxy) is 2. The van der Waals surface area contributed by atoms with Crippen LogP contribution in [0.5, 0.6) is 0 Å². The first-order valence-electron chi connectivity index (χ1n) is 9.03. The molecule has 0 aromatic rings. The first kappa shape index (κ1) is 36.7. The number of allylic oxidation sites excluding steroid dienone is 1. The normalized spacial score (nSPS) is 11.5. The van der Waals surface area contributed by atoms with Gasteiger partial charge in [0.25, 0.3) is 11.9 Å². The smallest absolute Gasteiger partial charge is 0.285 e. The molecular formula is C22H34O10Rf-2. The number of carbonyl (C=O) groups excluding carboxylic acids is 3. The van der Waals surface area contributed by atoms with Gasteiger partial charge < -0.3 is 14.9 Å². The van der Waals surface area contributed by atoms with Crippen molar-refractivity contribution >= 4 is 17.7 Å². The van der Waals surface area contributed by atoms with Crippen molar-refractivity contribution in [1.82, 2.24) is 0 Å². The molecule has 0 saturated carbocycles. The zero-order valence-corrected chi connectivity index (χ0v) is 25.9. The average Bonchev–Trinajstić information content (AvgIpc) is 2.78. The number of rotatable bonds is 16. The van der Waals surface area contributed by atoms with Crippen LogP contribution in [0.25, 0.3) is 0 Å². The van der Waals surface area contributed by atoms with Crippen LogP contribution in [-0.4, -0.2) is 49.6 Å². The minimum Gasteiger partial charge on any atom is -0.640 e. The van der Waals surface area contributed by atoms with Gasteiger partial charge in [0.1, 0.15) is 31.8 Å². The quantitative estimate of drug-likeness (QED) is 0.0447. The summed E-state index contributed by atoms with van der Waals surface area (Å²) in [7, 11) is 6.06. The van der Waals surface area contributed by atoms with Gasteiger partial charge in [0.15, 0.2) is 5.78 Å². The topological polar surface area (TPSA) is 138 Å². The van der Waals surface area contributed by atoms with E-state index < -0.39 is 22.8 Å². The van der Waals surface area contributed by atoms with Crippen LogP contribution in [0.2, 0.25) is 0 Å². The second-order valence-electron chi connectivity index (χ2n) is 6.56. The number of hydrogen-bond acceptors (Lipinski definition) is 9. The Balaban J connectivity index is -0.000000251. The fraction of sp³-hybridized carbons (Fsp3) is 0.409. The van der Waals surface area contributed by atoms with Crippen molar-refractivity contribution in [2.45, 2.75) is 20.3 Å². The van der Waals surface area contributed by atoms with Crippen LogP contribution in [-0.2, 0) is 43.4 Å². The fourth-order valence-electron chi connectivity index (χ4n) is 1.70. The molecule has 186 valence electrons. The molecule has 2 N–H and O–H groups in total. The van der Waals surface area contributed by atoms with Gasteiger partial charge in [0.05, 0.1) is 5.41 Å². The summed E-state index contributed by atoms with van der Waals surface area (Å²) in [5, 5.41) is 0. The number of hydrogen-bond donors (Lipinski definition) is 0. The van der Waals surface area contributed by atoms with Crippen molar-refractivity contribution in [1.29, 1.82) is 0 Å². The van der Waals surface area contributed by atoms with Crippen LogP contribution in [0.4, 0.5) is 0 Å². The van der Waals surface area contributed by atoms with E-state index in [9.17, 15) is 14.4 Å². The standard InChI is InChI=1S/C12H19O6.C10H13O3.H2O.Rf/c1-5-7-15-17-9-12(3,11(13)14-4)10-18-16-8-6-2;1-5-8(11)7-10(3,6-2)9(12)13-4;;/h5-6H,1-2,4,7-10H2,3H3;5-6H,1-2,4,7H2,3H3;1H2;/q2*-1;;. The van der Waals surface area contributed by atoms with E-state index in [1.807, 2.05) is 0 Å². The molecule has 0 radical (unpaired) electrons. The van der Waals surface area contributed by atoms with Crippen LogP contribution >= 0.6 is 0 Å². The molecule has 0 aliphatic rings. The minimum absolute atomic E-state index is 0. The summed E-state index contributed by atoms with van der Waals surface area (Å²) < 4.78 is 8.73. The summed E-state index contributed by atoms with van der Waals surface area (Å²) in [6, 6.07) is 0. The predicted molar refractivity (Wildman–Crippen MR) is 117 cm³/mol. The molecule has 1 atom stereocenters. The Morgan fingerprint density at radius 1 is 0.818 bits per heavy atom. The van der Waals surface area contributed by atoms with Crippen molar-refractivity contribution in [2.24, 2.45) is 10.8 Å². The van der Waals surface area contributed by atoms with Crippen molar-refractivity contribution in [3.8, 4) is 0 Å². The zero-order chi connectivity index (χ0) is 24.3. The van der Waals surface area contributed by atoms with Crippen molar-refractivity contribution in [3.05, 3.63) is 64.8 Å². The molecule has 0 bridgehead atoms. The molecule has 0 fully saturated rings. The van der Waals surface area contributed by atoms with E-state index in [0.29, 0.717) is 0 Å². The van der Waals surface area contributed by atoms with Crippen LogP contribution in [0, 0.1) is 25.0 Å². The van der Waals surface area contributed by atoms with Gasteiger partial charge in [-0.2, -0.15) is 14.2 Å². The summed E-state index contributed by atoms with van der Waals surface area (Å²) >= 11 is 0. The third-order valence-corrected chi connectivity index (χ3v) is 3.73. The molecule has 0 saturated heterocycles. The van der Waals surface area contributed by atoms with E-state index in [2.05, 4.69) is 50.0 Å². The Kier molecular flexibility index (Phi) is 22.6. The first-order valence-corrected chi connectivity index (χ1v) is 9.03. The minimum atomic E-state index is -1.08. The second kappa shape index (κ2) is 20.3. The maximum absolute atomic E-state index is 11.6. The largest absolute Gasteiger partial charge is 0.640 e. The third-order valence-electron chi connectivity index (χ3n) is 3.73.